The molecule has 1 aliphatic heterocycles. The van der Waals surface area contributed by atoms with Crippen molar-refractivity contribution in [3.63, 3.8) is 0 Å². The van der Waals surface area contributed by atoms with E-state index in [2.05, 4.69) is 59.0 Å². The van der Waals surface area contributed by atoms with E-state index >= 15 is 0 Å². The predicted octanol–water partition coefficient (Wildman–Crippen LogP) is 5.43. The highest BCUT2D eigenvalue weighted by Crippen LogP contribution is 2.47. The smallest absolute Gasteiger partial charge is 0.221 e. The van der Waals surface area contributed by atoms with E-state index in [9.17, 15) is 4.79 Å². The van der Waals surface area contributed by atoms with Crippen LogP contribution in [-0.2, 0) is 4.79 Å². The summed E-state index contributed by atoms with van der Waals surface area (Å²) in [5.41, 5.74) is 5.63. The van der Waals surface area contributed by atoms with Gasteiger partial charge in [0.2, 0.25) is 5.91 Å². The molecule has 0 radical (unpaired) electrons. The number of aromatic nitrogens is 1. The Hall–Kier alpha value is -3.53. The zero-order valence-electron chi connectivity index (χ0n) is 16.2. The standard InChI is InChI=1S/C25H22N2O2/c1-16(28)27-18-12-10-17(11-13-18)25-20-7-3-5-9-24(20)29-15-22(25)21-14-26-23-8-4-2-6-19(21)23/h2-14,22,25-26H,15H2,1H3,(H,27,28). The summed E-state index contributed by atoms with van der Waals surface area (Å²) < 4.78 is 6.17. The number of rotatable bonds is 3. The number of hydrogen-bond acceptors (Lipinski definition) is 2. The number of nitrogens with one attached hydrogen (secondary N) is 2. The van der Waals surface area contributed by atoms with E-state index in [0.29, 0.717) is 6.61 Å². The van der Waals surface area contributed by atoms with Crippen molar-refractivity contribution in [2.24, 2.45) is 0 Å². The molecule has 0 fully saturated rings. The number of anilines is 1. The Morgan fingerprint density at radius 1 is 0.966 bits per heavy atom. The van der Waals surface area contributed by atoms with Crippen molar-refractivity contribution in [2.75, 3.05) is 11.9 Å². The first-order valence-corrected chi connectivity index (χ1v) is 9.86. The Balaban J connectivity index is 1.62. The molecule has 0 saturated heterocycles. The topological polar surface area (TPSA) is 54.1 Å². The maximum absolute atomic E-state index is 11.4. The number of H-pyrrole nitrogens is 1. The predicted molar refractivity (Wildman–Crippen MR) is 116 cm³/mol. The monoisotopic (exact) mass is 382 g/mol. The molecule has 2 heterocycles. The Labute approximate surface area is 169 Å². The summed E-state index contributed by atoms with van der Waals surface area (Å²) in [4.78, 5) is 14.8. The van der Waals surface area contributed by atoms with Crippen LogP contribution in [0.1, 0.15) is 35.4 Å². The normalized spacial score (nSPS) is 18.1. The average Bonchev–Trinajstić information content (AvgIpc) is 3.17. The van der Waals surface area contributed by atoms with Gasteiger partial charge in [-0.25, -0.2) is 0 Å². The largest absolute Gasteiger partial charge is 0.493 e. The molecule has 2 N–H and O–H groups in total. The molecule has 0 aliphatic carbocycles. The number of ether oxygens (including phenoxy) is 1. The lowest BCUT2D eigenvalue weighted by Crippen LogP contribution is -2.25. The Bertz CT molecular complexity index is 1180. The SMILES string of the molecule is CC(=O)Nc1ccc(C2c3ccccc3OCC2c2c[nH]c3ccccc23)cc1. The molecular formula is C25H22N2O2. The molecule has 29 heavy (non-hydrogen) atoms. The molecule has 1 aliphatic rings. The van der Waals surface area contributed by atoms with Gasteiger partial charge < -0.3 is 15.0 Å². The molecule has 4 heteroatoms. The third-order valence-electron chi connectivity index (χ3n) is 5.69. The second kappa shape index (κ2) is 7.13. The minimum absolute atomic E-state index is 0.0640. The van der Waals surface area contributed by atoms with E-state index in [1.165, 1.54) is 29.0 Å². The van der Waals surface area contributed by atoms with Crippen LogP contribution in [-0.4, -0.2) is 17.5 Å². The van der Waals surface area contributed by atoms with Crippen molar-refractivity contribution in [1.29, 1.82) is 0 Å². The number of carbonyl (C=O) groups excluding carboxylic acids is 1. The second-order valence-corrected chi connectivity index (χ2v) is 7.53. The molecule has 5 rings (SSSR count). The Morgan fingerprint density at radius 3 is 2.55 bits per heavy atom. The quantitative estimate of drug-likeness (QED) is 0.496. The summed E-state index contributed by atoms with van der Waals surface area (Å²) in [5.74, 6) is 1.24. The molecule has 0 spiro atoms. The summed E-state index contributed by atoms with van der Waals surface area (Å²) in [6, 6.07) is 24.8. The van der Waals surface area contributed by atoms with E-state index in [0.717, 1.165) is 17.0 Å². The molecule has 2 atom stereocenters. The zero-order valence-corrected chi connectivity index (χ0v) is 16.2. The van der Waals surface area contributed by atoms with E-state index in [1.807, 2.05) is 30.3 Å². The van der Waals surface area contributed by atoms with Gasteiger partial charge in [0.25, 0.3) is 0 Å². The van der Waals surface area contributed by atoms with Crippen LogP contribution < -0.4 is 10.1 Å². The Morgan fingerprint density at radius 2 is 1.72 bits per heavy atom. The van der Waals surface area contributed by atoms with Crippen LogP contribution in [0.15, 0.2) is 79.0 Å². The first kappa shape index (κ1) is 17.6. The van der Waals surface area contributed by atoms with Crippen LogP contribution in [0.25, 0.3) is 10.9 Å². The molecule has 0 saturated carbocycles. The van der Waals surface area contributed by atoms with Crippen molar-refractivity contribution in [2.45, 2.75) is 18.8 Å². The molecule has 0 bridgehead atoms. The summed E-state index contributed by atoms with van der Waals surface area (Å²) in [5, 5.41) is 4.08. The second-order valence-electron chi connectivity index (χ2n) is 7.53. The van der Waals surface area contributed by atoms with E-state index in [-0.39, 0.29) is 17.7 Å². The number of aromatic amines is 1. The van der Waals surface area contributed by atoms with Crippen molar-refractivity contribution >= 4 is 22.5 Å². The van der Waals surface area contributed by atoms with Gasteiger partial charge in [-0.05, 0) is 35.4 Å². The van der Waals surface area contributed by atoms with Crippen molar-refractivity contribution < 1.29 is 9.53 Å². The van der Waals surface area contributed by atoms with Gasteiger partial charge in [0.05, 0.1) is 6.61 Å². The van der Waals surface area contributed by atoms with Crippen molar-refractivity contribution in [3.05, 3.63) is 95.7 Å². The highest BCUT2D eigenvalue weighted by atomic mass is 16.5. The maximum atomic E-state index is 11.4. The van der Waals surface area contributed by atoms with Crippen LogP contribution in [0.2, 0.25) is 0 Å². The van der Waals surface area contributed by atoms with Crippen LogP contribution in [0, 0.1) is 0 Å². The van der Waals surface area contributed by atoms with Crippen LogP contribution in [0.3, 0.4) is 0 Å². The van der Waals surface area contributed by atoms with Gasteiger partial charge in [0.15, 0.2) is 0 Å². The van der Waals surface area contributed by atoms with Crippen LogP contribution in [0.5, 0.6) is 5.75 Å². The number of carbonyl (C=O) groups is 1. The molecule has 3 aromatic carbocycles. The Kier molecular flexibility index (Phi) is 4.32. The number of hydrogen-bond donors (Lipinski definition) is 2. The van der Waals surface area contributed by atoms with Gasteiger partial charge >= 0.3 is 0 Å². The number of amides is 1. The fourth-order valence-electron chi connectivity index (χ4n) is 4.42. The summed E-state index contributed by atoms with van der Waals surface area (Å²) in [6.07, 6.45) is 2.12. The first-order valence-electron chi connectivity index (χ1n) is 9.86. The lowest BCUT2D eigenvalue weighted by Gasteiger charge is -2.34. The number of benzene rings is 3. The third kappa shape index (κ3) is 3.17. The summed E-state index contributed by atoms with van der Waals surface area (Å²) in [6.45, 7) is 2.15. The molecule has 2 unspecified atom stereocenters. The fourth-order valence-corrected chi connectivity index (χ4v) is 4.42. The molecular weight excluding hydrogens is 360 g/mol. The third-order valence-corrected chi connectivity index (χ3v) is 5.69. The number of para-hydroxylation sites is 2. The molecule has 144 valence electrons. The van der Waals surface area contributed by atoms with Gasteiger partial charge in [-0.3, -0.25) is 4.79 Å². The summed E-state index contributed by atoms with van der Waals surface area (Å²) >= 11 is 0. The molecule has 4 nitrogen and oxygen atoms in total. The average molecular weight is 382 g/mol. The van der Waals surface area contributed by atoms with E-state index in [4.69, 9.17) is 4.74 Å². The molecule has 1 aromatic heterocycles. The van der Waals surface area contributed by atoms with Crippen LogP contribution in [0.4, 0.5) is 5.69 Å². The molecule has 4 aromatic rings. The van der Waals surface area contributed by atoms with Gasteiger partial charge in [0.1, 0.15) is 5.75 Å². The number of fused-ring (bicyclic) bond motifs is 2. The summed E-state index contributed by atoms with van der Waals surface area (Å²) in [7, 11) is 0. The van der Waals surface area contributed by atoms with Gasteiger partial charge in [0, 0.05) is 47.1 Å². The fraction of sp³-hybridized carbons (Fsp3) is 0.160. The minimum Gasteiger partial charge on any atom is -0.493 e. The first-order chi connectivity index (χ1) is 14.2. The van der Waals surface area contributed by atoms with Gasteiger partial charge in [-0.1, -0.05) is 48.5 Å². The van der Waals surface area contributed by atoms with Gasteiger partial charge in [-0.2, -0.15) is 0 Å². The van der Waals surface area contributed by atoms with E-state index in [1.54, 1.807) is 0 Å². The maximum Gasteiger partial charge on any atom is 0.221 e. The van der Waals surface area contributed by atoms with Crippen molar-refractivity contribution in [3.8, 4) is 5.75 Å². The molecule has 1 amide bonds. The highest BCUT2D eigenvalue weighted by molar-refractivity contribution is 5.88. The lowest BCUT2D eigenvalue weighted by molar-refractivity contribution is -0.114. The lowest BCUT2D eigenvalue weighted by atomic mass is 9.76. The van der Waals surface area contributed by atoms with Gasteiger partial charge in [-0.15, -0.1) is 0 Å². The van der Waals surface area contributed by atoms with Crippen LogP contribution >= 0.6 is 0 Å². The minimum atomic E-state index is -0.0640. The van der Waals surface area contributed by atoms with Crippen molar-refractivity contribution in [1.82, 2.24) is 4.98 Å². The zero-order chi connectivity index (χ0) is 19.8. The highest BCUT2D eigenvalue weighted by Gasteiger charge is 2.34. The van der Waals surface area contributed by atoms with E-state index < -0.39 is 0 Å².